The number of ether oxygens (including phenoxy) is 10. The van der Waals surface area contributed by atoms with Crippen LogP contribution in [0.1, 0.15) is 80.4 Å². The van der Waals surface area contributed by atoms with E-state index >= 15 is 0 Å². The van der Waals surface area contributed by atoms with Crippen LogP contribution in [0.5, 0.6) is 23.0 Å². The Labute approximate surface area is 376 Å². The SMILES string of the molecule is CC(COc1ccc(C(C)(C)c2ccc(OCC(C)OCC(C)OCC(C)OCC(C)Oc3ccc(N)cc3)cc2)cc1)OCC(C)OCC(C)OCC(C)Oc1ccc(N)cc1. The van der Waals surface area contributed by atoms with E-state index in [4.69, 9.17) is 58.8 Å². The van der Waals surface area contributed by atoms with Gasteiger partial charge in [0.15, 0.2) is 0 Å². The van der Waals surface area contributed by atoms with E-state index in [1.165, 1.54) is 11.1 Å². The number of nitrogen functional groups attached to an aromatic ring is 2. The predicted octanol–water partition coefficient (Wildman–Crippen LogP) is 9.30. The summed E-state index contributed by atoms with van der Waals surface area (Å²) in [5, 5.41) is 0. The van der Waals surface area contributed by atoms with E-state index in [1.807, 2.05) is 128 Å². The van der Waals surface area contributed by atoms with E-state index in [-0.39, 0.29) is 54.2 Å². The lowest BCUT2D eigenvalue weighted by Crippen LogP contribution is -2.29. The molecule has 0 amide bonds. The van der Waals surface area contributed by atoms with E-state index in [9.17, 15) is 0 Å². The molecule has 12 nitrogen and oxygen atoms in total. The second-order valence-electron chi connectivity index (χ2n) is 17.2. The zero-order chi connectivity index (χ0) is 45.8. The van der Waals surface area contributed by atoms with Crippen molar-refractivity contribution in [3.05, 3.63) is 108 Å². The van der Waals surface area contributed by atoms with Gasteiger partial charge in [0.2, 0.25) is 0 Å². The molecule has 0 spiro atoms. The Morgan fingerprint density at radius 1 is 0.333 bits per heavy atom. The van der Waals surface area contributed by atoms with Crippen molar-refractivity contribution in [2.45, 2.75) is 123 Å². The summed E-state index contributed by atoms with van der Waals surface area (Å²) >= 11 is 0. The summed E-state index contributed by atoms with van der Waals surface area (Å²) in [7, 11) is 0. The first-order chi connectivity index (χ1) is 30.0. The molecule has 0 radical (unpaired) electrons. The van der Waals surface area contributed by atoms with E-state index in [2.05, 4.69) is 38.1 Å². The second-order valence-corrected chi connectivity index (χ2v) is 17.2. The van der Waals surface area contributed by atoms with Gasteiger partial charge in [0, 0.05) is 16.8 Å². The minimum atomic E-state index is -0.228. The average Bonchev–Trinajstić information content (AvgIpc) is 3.27. The summed E-state index contributed by atoms with van der Waals surface area (Å²) in [6, 6.07) is 31.2. The van der Waals surface area contributed by atoms with Crippen molar-refractivity contribution < 1.29 is 47.4 Å². The summed E-state index contributed by atoms with van der Waals surface area (Å²) in [6.07, 6.45) is -0.768. The number of hydrogen-bond donors (Lipinski definition) is 2. The first-order valence-corrected chi connectivity index (χ1v) is 22.3. The van der Waals surface area contributed by atoms with Gasteiger partial charge in [-0.05, 0) is 139 Å². The summed E-state index contributed by atoms with van der Waals surface area (Å²) in [4.78, 5) is 0. The highest BCUT2D eigenvalue weighted by Crippen LogP contribution is 2.33. The second kappa shape index (κ2) is 26.3. The first-order valence-electron chi connectivity index (χ1n) is 22.3. The Balaban J connectivity index is 1.06. The number of anilines is 2. The smallest absolute Gasteiger partial charge is 0.119 e. The lowest BCUT2D eigenvalue weighted by Gasteiger charge is -2.27. The molecular formula is C51H74N2O10. The highest BCUT2D eigenvalue weighted by Gasteiger charge is 2.23. The monoisotopic (exact) mass is 875 g/mol. The van der Waals surface area contributed by atoms with Crippen LogP contribution in [0.15, 0.2) is 97.1 Å². The predicted molar refractivity (Wildman–Crippen MR) is 250 cm³/mol. The van der Waals surface area contributed by atoms with Crippen LogP contribution >= 0.6 is 0 Å². The molecule has 0 saturated heterocycles. The van der Waals surface area contributed by atoms with Crippen molar-refractivity contribution in [1.82, 2.24) is 0 Å². The van der Waals surface area contributed by atoms with Gasteiger partial charge < -0.3 is 58.8 Å². The molecule has 8 unspecified atom stereocenters. The maximum absolute atomic E-state index is 6.07. The van der Waals surface area contributed by atoms with Gasteiger partial charge in [-0.3, -0.25) is 0 Å². The maximum atomic E-state index is 6.07. The highest BCUT2D eigenvalue weighted by molar-refractivity contribution is 5.43. The molecule has 0 saturated carbocycles. The minimum Gasteiger partial charge on any atom is -0.491 e. The van der Waals surface area contributed by atoms with Gasteiger partial charge in [-0.2, -0.15) is 0 Å². The van der Waals surface area contributed by atoms with Gasteiger partial charge >= 0.3 is 0 Å². The molecule has 0 aliphatic rings. The fourth-order valence-electron chi connectivity index (χ4n) is 6.24. The van der Waals surface area contributed by atoms with Crippen molar-refractivity contribution in [3.63, 3.8) is 0 Å². The summed E-state index contributed by atoms with van der Waals surface area (Å²) < 4.78 is 59.7. The lowest BCUT2D eigenvalue weighted by atomic mass is 9.78. The molecule has 0 aliphatic heterocycles. The number of nitrogens with two attached hydrogens (primary N) is 2. The van der Waals surface area contributed by atoms with E-state index in [0.29, 0.717) is 64.2 Å². The van der Waals surface area contributed by atoms with Gasteiger partial charge in [0.05, 0.1) is 76.3 Å². The third-order valence-electron chi connectivity index (χ3n) is 10.2. The molecule has 63 heavy (non-hydrogen) atoms. The van der Waals surface area contributed by atoms with Gasteiger partial charge in [0.1, 0.15) is 48.4 Å². The maximum Gasteiger partial charge on any atom is 0.119 e. The molecule has 8 atom stereocenters. The van der Waals surface area contributed by atoms with E-state index < -0.39 is 0 Å². The van der Waals surface area contributed by atoms with Gasteiger partial charge in [-0.25, -0.2) is 0 Å². The topological polar surface area (TPSA) is 144 Å². The van der Waals surface area contributed by atoms with Gasteiger partial charge in [0.25, 0.3) is 0 Å². The zero-order valence-electron chi connectivity index (χ0n) is 39.3. The molecule has 4 aromatic carbocycles. The number of hydrogen-bond acceptors (Lipinski definition) is 12. The van der Waals surface area contributed by atoms with Crippen LogP contribution in [-0.4, -0.2) is 102 Å². The Morgan fingerprint density at radius 2 is 0.571 bits per heavy atom. The Bertz CT molecular complexity index is 1690. The highest BCUT2D eigenvalue weighted by atomic mass is 16.6. The molecule has 0 heterocycles. The fourth-order valence-corrected chi connectivity index (χ4v) is 6.24. The third-order valence-corrected chi connectivity index (χ3v) is 10.2. The molecule has 4 N–H and O–H groups in total. The number of benzene rings is 4. The lowest BCUT2D eigenvalue weighted by molar-refractivity contribution is -0.0798. The van der Waals surface area contributed by atoms with Crippen LogP contribution in [-0.2, 0) is 33.8 Å². The van der Waals surface area contributed by atoms with Crippen LogP contribution in [0.3, 0.4) is 0 Å². The molecule has 0 aromatic heterocycles. The molecule has 0 aliphatic carbocycles. The molecule has 4 aromatic rings. The summed E-state index contributed by atoms with van der Waals surface area (Å²) in [5.41, 5.74) is 15.0. The standard InChI is InChI=1S/C51H74N2O10/c1-35(54-29-37(3)58-33-41(7)62-49-23-15-45(52)16-24-49)27-56-39(5)31-60-47-19-11-43(12-20-47)51(9,10)44-13-21-48(22-14-44)61-32-40(6)57-28-36(2)55-30-38(4)59-34-42(8)63-50-25-17-46(53)18-26-50/h11-26,35-42H,27-34,52-53H2,1-10H3. The van der Waals surface area contributed by atoms with Crippen molar-refractivity contribution in [1.29, 1.82) is 0 Å². The molecular weight excluding hydrogens is 801 g/mol. The number of rotatable bonds is 30. The Kier molecular flexibility index (Phi) is 21.3. The summed E-state index contributed by atoms with van der Waals surface area (Å²) in [6.45, 7) is 23.9. The zero-order valence-corrected chi connectivity index (χ0v) is 39.3. The van der Waals surface area contributed by atoms with Crippen LogP contribution in [0, 0.1) is 0 Å². The van der Waals surface area contributed by atoms with Gasteiger partial charge in [-0.1, -0.05) is 38.1 Å². The average molecular weight is 875 g/mol. The normalized spacial score (nSPS) is 15.7. The minimum absolute atomic E-state index is 0.0832. The van der Waals surface area contributed by atoms with Crippen LogP contribution < -0.4 is 30.4 Å². The third kappa shape index (κ3) is 19.4. The van der Waals surface area contributed by atoms with Crippen molar-refractivity contribution >= 4 is 11.4 Å². The van der Waals surface area contributed by atoms with Crippen LogP contribution in [0.2, 0.25) is 0 Å². The quantitative estimate of drug-likeness (QED) is 0.0482. The van der Waals surface area contributed by atoms with Crippen molar-refractivity contribution in [2.24, 2.45) is 0 Å². The van der Waals surface area contributed by atoms with Crippen molar-refractivity contribution in [2.75, 3.05) is 64.3 Å². The van der Waals surface area contributed by atoms with Gasteiger partial charge in [-0.15, -0.1) is 0 Å². The largest absolute Gasteiger partial charge is 0.491 e. The van der Waals surface area contributed by atoms with Crippen LogP contribution in [0.4, 0.5) is 11.4 Å². The molecule has 4 rings (SSSR count). The Morgan fingerprint density at radius 3 is 0.857 bits per heavy atom. The van der Waals surface area contributed by atoms with Crippen LogP contribution in [0.25, 0.3) is 0 Å². The van der Waals surface area contributed by atoms with E-state index in [1.54, 1.807) is 0 Å². The van der Waals surface area contributed by atoms with E-state index in [0.717, 1.165) is 23.0 Å². The van der Waals surface area contributed by atoms with Crippen molar-refractivity contribution in [3.8, 4) is 23.0 Å². The molecule has 0 fully saturated rings. The molecule has 0 bridgehead atoms. The first kappa shape index (κ1) is 51.1. The Hall–Kier alpha value is -4.56. The summed E-state index contributed by atoms with van der Waals surface area (Å²) in [5.74, 6) is 3.11. The molecule has 12 heteroatoms. The molecule has 348 valence electrons. The fraction of sp³-hybridized carbons (Fsp3) is 0.529.